The average Bonchev–Trinajstić information content (AvgIpc) is 2.27. The van der Waals surface area contributed by atoms with Gasteiger partial charge in [0.15, 0.2) is 5.41 Å². The summed E-state index contributed by atoms with van der Waals surface area (Å²) in [5.41, 5.74) is -1.10. The Morgan fingerprint density at radius 3 is 1.81 bits per heavy atom. The quantitative estimate of drug-likeness (QED) is 0.497. The maximum atomic E-state index is 11.9. The standard InChI is InChI=1S/C12H22O4/c1-5-8-12(9-6-2,10(13)15-4)11(14)16-7-3/h5-9H2,1-4H3. The Kier molecular flexibility index (Phi) is 6.77. The zero-order valence-electron chi connectivity index (χ0n) is 10.7. The highest BCUT2D eigenvalue weighted by Gasteiger charge is 2.46. The van der Waals surface area contributed by atoms with Crippen LogP contribution in [0.1, 0.15) is 46.5 Å². The minimum atomic E-state index is -1.10. The minimum absolute atomic E-state index is 0.283. The Labute approximate surface area is 97.3 Å². The van der Waals surface area contributed by atoms with Gasteiger partial charge in [-0.3, -0.25) is 9.59 Å². The molecule has 0 bridgehead atoms. The lowest BCUT2D eigenvalue weighted by Crippen LogP contribution is -2.41. The summed E-state index contributed by atoms with van der Waals surface area (Å²) >= 11 is 0. The lowest BCUT2D eigenvalue weighted by Gasteiger charge is -2.27. The highest BCUT2D eigenvalue weighted by Crippen LogP contribution is 2.33. The van der Waals surface area contributed by atoms with Gasteiger partial charge in [0.25, 0.3) is 0 Å². The summed E-state index contributed by atoms with van der Waals surface area (Å²) in [7, 11) is 1.31. The van der Waals surface area contributed by atoms with E-state index in [1.54, 1.807) is 6.92 Å². The van der Waals surface area contributed by atoms with Crippen molar-refractivity contribution >= 4 is 11.9 Å². The monoisotopic (exact) mass is 230 g/mol. The Balaban J connectivity index is 5.06. The molecule has 0 saturated heterocycles. The van der Waals surface area contributed by atoms with Crippen molar-refractivity contribution in [1.29, 1.82) is 0 Å². The summed E-state index contributed by atoms with van der Waals surface area (Å²) in [6.45, 7) is 5.89. The summed E-state index contributed by atoms with van der Waals surface area (Å²) in [5.74, 6) is -0.930. The van der Waals surface area contributed by atoms with Crippen LogP contribution in [0, 0.1) is 5.41 Å². The molecule has 4 nitrogen and oxygen atoms in total. The van der Waals surface area contributed by atoms with Crippen LogP contribution in [0.2, 0.25) is 0 Å². The third-order valence-corrected chi connectivity index (χ3v) is 2.60. The maximum absolute atomic E-state index is 11.9. The van der Waals surface area contributed by atoms with Crippen LogP contribution in [0.5, 0.6) is 0 Å². The predicted octanol–water partition coefficient (Wildman–Crippen LogP) is 2.31. The van der Waals surface area contributed by atoms with E-state index in [9.17, 15) is 9.59 Å². The molecule has 0 aromatic heterocycles. The summed E-state index contributed by atoms with van der Waals surface area (Å²) in [6.07, 6.45) is 2.44. The molecule has 0 unspecified atom stereocenters. The molecule has 0 fully saturated rings. The van der Waals surface area contributed by atoms with Gasteiger partial charge in [-0.05, 0) is 19.8 Å². The van der Waals surface area contributed by atoms with Gasteiger partial charge in [-0.1, -0.05) is 26.7 Å². The minimum Gasteiger partial charge on any atom is -0.468 e. The fourth-order valence-corrected chi connectivity index (χ4v) is 1.93. The first-order chi connectivity index (χ1) is 7.58. The van der Waals surface area contributed by atoms with Crippen LogP contribution in [-0.4, -0.2) is 25.7 Å². The molecule has 0 heterocycles. The number of carbonyl (C=O) groups excluding carboxylic acids is 2. The highest BCUT2D eigenvalue weighted by molar-refractivity contribution is 6.00. The number of methoxy groups -OCH3 is 1. The molecular formula is C12H22O4. The lowest BCUT2D eigenvalue weighted by atomic mass is 9.79. The Hall–Kier alpha value is -1.06. The fraction of sp³-hybridized carbons (Fsp3) is 0.833. The van der Waals surface area contributed by atoms with Crippen LogP contribution in [0.3, 0.4) is 0 Å². The second-order valence-corrected chi connectivity index (χ2v) is 3.79. The van der Waals surface area contributed by atoms with E-state index in [-0.39, 0.29) is 6.61 Å². The van der Waals surface area contributed by atoms with Gasteiger partial charge in [0, 0.05) is 0 Å². The molecular weight excluding hydrogens is 208 g/mol. The largest absolute Gasteiger partial charge is 0.468 e. The first-order valence-electron chi connectivity index (χ1n) is 5.84. The van der Waals surface area contributed by atoms with Crippen molar-refractivity contribution in [3.8, 4) is 0 Å². The van der Waals surface area contributed by atoms with Crippen molar-refractivity contribution in [1.82, 2.24) is 0 Å². The van der Waals surface area contributed by atoms with E-state index in [4.69, 9.17) is 9.47 Å². The van der Waals surface area contributed by atoms with Crippen LogP contribution in [-0.2, 0) is 19.1 Å². The molecule has 0 aliphatic carbocycles. The van der Waals surface area contributed by atoms with Crippen LogP contribution in [0.25, 0.3) is 0 Å². The maximum Gasteiger partial charge on any atom is 0.323 e. The summed E-state index contributed by atoms with van der Waals surface area (Å²) in [6, 6.07) is 0. The van der Waals surface area contributed by atoms with Crippen molar-refractivity contribution in [3.05, 3.63) is 0 Å². The van der Waals surface area contributed by atoms with E-state index in [0.29, 0.717) is 12.8 Å². The van der Waals surface area contributed by atoms with Crippen molar-refractivity contribution in [2.45, 2.75) is 46.5 Å². The molecule has 0 saturated carbocycles. The van der Waals surface area contributed by atoms with E-state index in [0.717, 1.165) is 12.8 Å². The third kappa shape index (κ3) is 3.22. The van der Waals surface area contributed by atoms with Crippen LogP contribution in [0.15, 0.2) is 0 Å². The van der Waals surface area contributed by atoms with Gasteiger partial charge in [0.1, 0.15) is 0 Å². The lowest BCUT2D eigenvalue weighted by molar-refractivity contribution is -0.172. The first kappa shape index (κ1) is 14.9. The van der Waals surface area contributed by atoms with E-state index in [1.165, 1.54) is 7.11 Å². The van der Waals surface area contributed by atoms with Gasteiger partial charge >= 0.3 is 11.9 Å². The molecule has 0 aliphatic heterocycles. The second kappa shape index (κ2) is 7.25. The first-order valence-corrected chi connectivity index (χ1v) is 5.84. The molecule has 0 rings (SSSR count). The number of esters is 2. The fourth-order valence-electron chi connectivity index (χ4n) is 1.93. The summed E-state index contributed by atoms with van der Waals surface area (Å²) in [5, 5.41) is 0. The number of hydrogen-bond acceptors (Lipinski definition) is 4. The van der Waals surface area contributed by atoms with E-state index >= 15 is 0 Å². The smallest absolute Gasteiger partial charge is 0.323 e. The van der Waals surface area contributed by atoms with E-state index < -0.39 is 17.4 Å². The van der Waals surface area contributed by atoms with Crippen molar-refractivity contribution < 1.29 is 19.1 Å². The van der Waals surface area contributed by atoms with Crippen molar-refractivity contribution in [2.75, 3.05) is 13.7 Å². The number of rotatable bonds is 7. The predicted molar refractivity (Wildman–Crippen MR) is 60.9 cm³/mol. The molecule has 16 heavy (non-hydrogen) atoms. The number of ether oxygens (including phenoxy) is 2. The Morgan fingerprint density at radius 1 is 1.00 bits per heavy atom. The van der Waals surface area contributed by atoms with Gasteiger partial charge in [-0.25, -0.2) is 0 Å². The molecule has 0 radical (unpaired) electrons. The van der Waals surface area contributed by atoms with Gasteiger partial charge in [-0.2, -0.15) is 0 Å². The van der Waals surface area contributed by atoms with Crippen molar-refractivity contribution in [2.24, 2.45) is 5.41 Å². The average molecular weight is 230 g/mol. The molecule has 0 aromatic rings. The van der Waals surface area contributed by atoms with Crippen LogP contribution >= 0.6 is 0 Å². The molecule has 0 aromatic carbocycles. The second-order valence-electron chi connectivity index (χ2n) is 3.79. The number of carbonyl (C=O) groups is 2. The molecule has 0 atom stereocenters. The topological polar surface area (TPSA) is 52.6 Å². The molecule has 0 aliphatic rings. The van der Waals surface area contributed by atoms with Gasteiger partial charge in [-0.15, -0.1) is 0 Å². The third-order valence-electron chi connectivity index (χ3n) is 2.60. The van der Waals surface area contributed by atoms with Gasteiger partial charge < -0.3 is 9.47 Å². The SMILES string of the molecule is CCCC(CCC)(C(=O)OC)C(=O)OCC. The van der Waals surface area contributed by atoms with Crippen LogP contribution in [0.4, 0.5) is 0 Å². The Morgan fingerprint density at radius 2 is 1.50 bits per heavy atom. The van der Waals surface area contributed by atoms with Crippen molar-refractivity contribution in [3.63, 3.8) is 0 Å². The summed E-state index contributed by atoms with van der Waals surface area (Å²) in [4.78, 5) is 23.7. The van der Waals surface area contributed by atoms with E-state index in [1.807, 2.05) is 13.8 Å². The van der Waals surface area contributed by atoms with Crippen LogP contribution < -0.4 is 0 Å². The molecule has 0 spiro atoms. The zero-order valence-corrected chi connectivity index (χ0v) is 10.7. The molecule has 94 valence electrons. The van der Waals surface area contributed by atoms with Gasteiger partial charge in [0.05, 0.1) is 13.7 Å². The summed E-state index contributed by atoms with van der Waals surface area (Å²) < 4.78 is 9.74. The molecule has 4 heteroatoms. The molecule has 0 amide bonds. The zero-order chi connectivity index (χ0) is 12.6. The normalized spacial score (nSPS) is 11.0. The van der Waals surface area contributed by atoms with Gasteiger partial charge in [0.2, 0.25) is 0 Å². The highest BCUT2D eigenvalue weighted by atomic mass is 16.6. The van der Waals surface area contributed by atoms with E-state index in [2.05, 4.69) is 0 Å². The Bertz CT molecular complexity index is 229. The number of hydrogen-bond donors (Lipinski definition) is 0. The molecule has 0 N–H and O–H groups in total.